The van der Waals surface area contributed by atoms with Crippen molar-refractivity contribution in [3.8, 4) is 5.75 Å². The Hall–Kier alpha value is -2.17. The molecule has 2 N–H and O–H groups in total. The molecule has 0 aliphatic carbocycles. The van der Waals surface area contributed by atoms with Crippen LogP contribution < -0.4 is 10.1 Å². The maximum absolute atomic E-state index is 12.9. The maximum Gasteiger partial charge on any atom is 0.123 e. The van der Waals surface area contributed by atoms with Crippen LogP contribution in [0.3, 0.4) is 0 Å². The molecule has 0 spiro atoms. The van der Waals surface area contributed by atoms with E-state index in [2.05, 4.69) is 11.4 Å². The van der Waals surface area contributed by atoms with Crippen LogP contribution in [0.1, 0.15) is 24.2 Å². The Morgan fingerprint density at radius 1 is 1.17 bits per heavy atom. The molecule has 0 radical (unpaired) electrons. The van der Waals surface area contributed by atoms with Crippen LogP contribution in [0, 0.1) is 5.82 Å². The molecule has 1 unspecified atom stereocenters. The van der Waals surface area contributed by atoms with Crippen molar-refractivity contribution in [1.29, 1.82) is 0 Å². The molecule has 0 amide bonds. The van der Waals surface area contributed by atoms with Gasteiger partial charge in [-0.1, -0.05) is 35.9 Å². The SMILES string of the molecule is COc1ccc(/C=C(/C)CNCC(O)c2ccc(F)cc2)cc1. The van der Waals surface area contributed by atoms with Crippen LogP contribution in [0.25, 0.3) is 6.08 Å². The Morgan fingerprint density at radius 3 is 2.43 bits per heavy atom. The van der Waals surface area contributed by atoms with E-state index >= 15 is 0 Å². The average molecular weight is 315 g/mol. The second-order valence-corrected chi connectivity index (χ2v) is 5.46. The van der Waals surface area contributed by atoms with Crippen molar-refractivity contribution in [3.63, 3.8) is 0 Å². The van der Waals surface area contributed by atoms with Gasteiger partial charge in [0.05, 0.1) is 13.2 Å². The highest BCUT2D eigenvalue weighted by molar-refractivity contribution is 5.53. The van der Waals surface area contributed by atoms with Gasteiger partial charge in [-0.25, -0.2) is 4.39 Å². The molecular weight excluding hydrogens is 293 g/mol. The van der Waals surface area contributed by atoms with E-state index in [1.54, 1.807) is 19.2 Å². The Labute approximate surface area is 136 Å². The largest absolute Gasteiger partial charge is 0.497 e. The normalized spacial score (nSPS) is 13.0. The summed E-state index contributed by atoms with van der Waals surface area (Å²) in [6.45, 7) is 3.12. The van der Waals surface area contributed by atoms with Gasteiger partial charge in [-0.2, -0.15) is 0 Å². The Balaban J connectivity index is 1.82. The Bertz CT molecular complexity index is 635. The van der Waals surface area contributed by atoms with Gasteiger partial charge >= 0.3 is 0 Å². The van der Waals surface area contributed by atoms with Crippen LogP contribution in [0.2, 0.25) is 0 Å². The topological polar surface area (TPSA) is 41.5 Å². The van der Waals surface area contributed by atoms with Gasteiger partial charge in [-0.05, 0) is 42.3 Å². The van der Waals surface area contributed by atoms with Gasteiger partial charge in [-0.15, -0.1) is 0 Å². The van der Waals surface area contributed by atoms with Crippen molar-refractivity contribution in [2.75, 3.05) is 20.2 Å². The van der Waals surface area contributed by atoms with Crippen LogP contribution in [0.4, 0.5) is 4.39 Å². The Kier molecular flexibility index (Phi) is 6.32. The fourth-order valence-corrected chi connectivity index (χ4v) is 2.24. The zero-order chi connectivity index (χ0) is 16.7. The van der Waals surface area contributed by atoms with Gasteiger partial charge in [0, 0.05) is 13.1 Å². The molecule has 2 rings (SSSR count). The maximum atomic E-state index is 12.9. The smallest absolute Gasteiger partial charge is 0.123 e. The molecule has 0 aliphatic heterocycles. The van der Waals surface area contributed by atoms with Crippen LogP contribution in [0.15, 0.2) is 54.1 Å². The highest BCUT2D eigenvalue weighted by Crippen LogP contribution is 2.14. The zero-order valence-corrected chi connectivity index (χ0v) is 13.4. The van der Waals surface area contributed by atoms with Crippen molar-refractivity contribution in [2.45, 2.75) is 13.0 Å². The summed E-state index contributed by atoms with van der Waals surface area (Å²) in [5.74, 6) is 0.535. The lowest BCUT2D eigenvalue weighted by Gasteiger charge is -2.12. The van der Waals surface area contributed by atoms with Gasteiger partial charge < -0.3 is 15.2 Å². The summed E-state index contributed by atoms with van der Waals surface area (Å²) in [4.78, 5) is 0. The second-order valence-electron chi connectivity index (χ2n) is 5.46. The molecule has 0 aliphatic rings. The van der Waals surface area contributed by atoms with E-state index in [0.29, 0.717) is 18.7 Å². The van der Waals surface area contributed by atoms with Crippen LogP contribution in [-0.4, -0.2) is 25.3 Å². The molecule has 0 bridgehead atoms. The second kappa shape index (κ2) is 8.46. The van der Waals surface area contributed by atoms with Gasteiger partial charge in [0.1, 0.15) is 11.6 Å². The average Bonchev–Trinajstić information content (AvgIpc) is 2.56. The number of benzene rings is 2. The lowest BCUT2D eigenvalue weighted by molar-refractivity contribution is 0.176. The summed E-state index contributed by atoms with van der Waals surface area (Å²) in [6, 6.07) is 13.7. The Morgan fingerprint density at radius 2 is 1.83 bits per heavy atom. The first-order valence-electron chi connectivity index (χ1n) is 7.54. The highest BCUT2D eigenvalue weighted by Gasteiger charge is 2.06. The molecule has 122 valence electrons. The number of halogens is 1. The molecule has 23 heavy (non-hydrogen) atoms. The number of rotatable bonds is 7. The third-order valence-corrected chi connectivity index (χ3v) is 3.53. The van der Waals surface area contributed by atoms with E-state index in [-0.39, 0.29) is 5.82 Å². The van der Waals surface area contributed by atoms with Gasteiger partial charge in [0.2, 0.25) is 0 Å². The number of aliphatic hydroxyl groups is 1. The molecule has 4 heteroatoms. The van der Waals surface area contributed by atoms with E-state index in [1.165, 1.54) is 12.1 Å². The number of hydrogen-bond acceptors (Lipinski definition) is 3. The van der Waals surface area contributed by atoms with Crippen molar-refractivity contribution in [2.24, 2.45) is 0 Å². The van der Waals surface area contributed by atoms with Crippen LogP contribution in [-0.2, 0) is 0 Å². The number of aliphatic hydroxyl groups excluding tert-OH is 1. The fourth-order valence-electron chi connectivity index (χ4n) is 2.24. The van der Waals surface area contributed by atoms with Crippen molar-refractivity contribution < 1.29 is 14.2 Å². The molecule has 0 aromatic heterocycles. The number of ether oxygens (including phenoxy) is 1. The number of nitrogens with one attached hydrogen (secondary N) is 1. The third-order valence-electron chi connectivity index (χ3n) is 3.53. The lowest BCUT2D eigenvalue weighted by Crippen LogP contribution is -2.23. The minimum absolute atomic E-state index is 0.299. The zero-order valence-electron chi connectivity index (χ0n) is 13.4. The first-order chi connectivity index (χ1) is 11.1. The summed E-state index contributed by atoms with van der Waals surface area (Å²) in [6.07, 6.45) is 1.43. The molecule has 0 fully saturated rings. The van der Waals surface area contributed by atoms with E-state index < -0.39 is 6.10 Å². The number of hydrogen-bond donors (Lipinski definition) is 2. The number of methoxy groups -OCH3 is 1. The molecule has 0 heterocycles. The molecule has 0 saturated carbocycles. The summed E-state index contributed by atoms with van der Waals surface area (Å²) < 4.78 is 18.0. The first kappa shape index (κ1) is 17.2. The van der Waals surface area contributed by atoms with E-state index in [4.69, 9.17) is 4.74 Å². The van der Waals surface area contributed by atoms with Crippen molar-refractivity contribution in [1.82, 2.24) is 5.32 Å². The standard InChI is InChI=1S/C19H22FNO2/c1-14(11-15-3-9-18(23-2)10-4-15)12-21-13-19(22)16-5-7-17(20)8-6-16/h3-11,19,21-22H,12-13H2,1-2H3/b14-11-. The van der Waals surface area contributed by atoms with Crippen molar-refractivity contribution in [3.05, 3.63) is 71.0 Å². The summed E-state index contributed by atoms with van der Waals surface area (Å²) in [5.41, 5.74) is 2.96. The highest BCUT2D eigenvalue weighted by atomic mass is 19.1. The molecule has 3 nitrogen and oxygen atoms in total. The quantitative estimate of drug-likeness (QED) is 0.821. The third kappa shape index (κ3) is 5.51. The van der Waals surface area contributed by atoms with Crippen LogP contribution in [0.5, 0.6) is 5.75 Å². The van der Waals surface area contributed by atoms with E-state index in [0.717, 1.165) is 16.9 Å². The molecule has 1 atom stereocenters. The molecule has 2 aromatic rings. The van der Waals surface area contributed by atoms with E-state index in [1.807, 2.05) is 31.2 Å². The van der Waals surface area contributed by atoms with Gasteiger partial charge in [0.15, 0.2) is 0 Å². The predicted octanol–water partition coefficient (Wildman–Crippen LogP) is 3.56. The molecule has 2 aromatic carbocycles. The lowest BCUT2D eigenvalue weighted by atomic mass is 10.1. The molecular formula is C19H22FNO2. The van der Waals surface area contributed by atoms with Crippen LogP contribution >= 0.6 is 0 Å². The first-order valence-corrected chi connectivity index (χ1v) is 7.54. The predicted molar refractivity (Wildman–Crippen MR) is 90.9 cm³/mol. The monoisotopic (exact) mass is 315 g/mol. The fraction of sp³-hybridized carbons (Fsp3) is 0.263. The summed E-state index contributed by atoms with van der Waals surface area (Å²) >= 11 is 0. The van der Waals surface area contributed by atoms with Crippen molar-refractivity contribution >= 4 is 6.08 Å². The summed E-state index contributed by atoms with van der Waals surface area (Å²) in [5, 5.41) is 13.3. The summed E-state index contributed by atoms with van der Waals surface area (Å²) in [7, 11) is 1.65. The minimum atomic E-state index is -0.649. The van der Waals surface area contributed by atoms with Gasteiger partial charge in [-0.3, -0.25) is 0 Å². The van der Waals surface area contributed by atoms with Gasteiger partial charge in [0.25, 0.3) is 0 Å². The minimum Gasteiger partial charge on any atom is -0.497 e. The molecule has 0 saturated heterocycles. The van der Waals surface area contributed by atoms with E-state index in [9.17, 15) is 9.50 Å².